The third kappa shape index (κ3) is 5.63. The summed E-state index contributed by atoms with van der Waals surface area (Å²) in [7, 11) is 0. The van der Waals surface area contributed by atoms with Crippen LogP contribution in [0.15, 0.2) is 231 Å². The Morgan fingerprint density at radius 1 is 0.274 bits per heavy atom. The summed E-state index contributed by atoms with van der Waals surface area (Å²) in [6.07, 6.45) is 0. The summed E-state index contributed by atoms with van der Waals surface area (Å²) in [5.41, 5.74) is 13.6. The maximum atomic E-state index is 12.4. The van der Waals surface area contributed by atoms with Crippen molar-refractivity contribution >= 4 is 128 Å². The van der Waals surface area contributed by atoms with Gasteiger partial charge in [0.2, 0.25) is 0 Å². The lowest BCUT2D eigenvalue weighted by atomic mass is 9.87. The minimum Gasteiger partial charge on any atom is -0.306 e. The van der Waals surface area contributed by atoms with E-state index in [9.17, 15) is 5.26 Å². The van der Waals surface area contributed by atoms with E-state index in [-0.39, 0.29) is 0 Å². The molecule has 0 aliphatic rings. The summed E-state index contributed by atoms with van der Waals surface area (Å²) < 4.78 is 12.5. The Bertz CT molecular complexity index is 4730. The van der Waals surface area contributed by atoms with E-state index in [4.69, 9.17) is 0 Å². The summed E-state index contributed by atoms with van der Waals surface area (Å²) in [5.74, 6) is 0. The number of hydrogen-bond acceptors (Lipinski definition) is 3. The molecule has 0 atom stereocenters. The van der Waals surface area contributed by atoms with Crippen LogP contribution in [0.1, 0.15) is 5.56 Å². The number of nitriles is 1. The zero-order valence-electron chi connectivity index (χ0n) is 39.0. The first-order valence-corrected chi connectivity index (χ1v) is 26.3. The van der Waals surface area contributed by atoms with Crippen LogP contribution in [0.4, 0.5) is 0 Å². The lowest BCUT2D eigenvalue weighted by Crippen LogP contribution is -2.14. The van der Waals surface area contributed by atoms with Gasteiger partial charge in [-0.1, -0.05) is 170 Å². The normalized spacial score (nSPS) is 12.1. The van der Waals surface area contributed by atoms with Crippen molar-refractivity contribution in [3.63, 3.8) is 0 Å². The zero-order chi connectivity index (χ0) is 47.9. The summed E-state index contributed by atoms with van der Waals surface area (Å²) in [4.78, 5) is 0. The van der Waals surface area contributed by atoms with E-state index in [1.54, 1.807) is 0 Å². The van der Waals surface area contributed by atoms with Crippen molar-refractivity contribution in [3.8, 4) is 45.4 Å². The first kappa shape index (κ1) is 40.5. The van der Waals surface area contributed by atoms with Gasteiger partial charge in [-0.25, -0.2) is 0 Å². The molecule has 16 rings (SSSR count). The second-order valence-electron chi connectivity index (χ2n) is 19.0. The lowest BCUT2D eigenvalue weighted by Gasteiger charge is -2.29. The van der Waals surface area contributed by atoms with Gasteiger partial charge in [-0.3, -0.25) is 0 Å². The van der Waals surface area contributed by atoms with Gasteiger partial charge in [0.1, 0.15) is 6.07 Å². The van der Waals surface area contributed by atoms with E-state index >= 15 is 0 Å². The number of thiophene rings is 2. The van der Waals surface area contributed by atoms with Gasteiger partial charge >= 0.3 is 0 Å². The van der Waals surface area contributed by atoms with Crippen LogP contribution in [-0.4, -0.2) is 13.7 Å². The van der Waals surface area contributed by atoms with E-state index in [0.717, 1.165) is 105 Å². The van der Waals surface area contributed by atoms with Crippen molar-refractivity contribution in [2.24, 2.45) is 0 Å². The van der Waals surface area contributed by atoms with E-state index in [1.807, 2.05) is 22.7 Å². The molecule has 0 spiro atoms. The molecule has 0 unspecified atom stereocenters. The van der Waals surface area contributed by atoms with Crippen molar-refractivity contribution in [1.29, 1.82) is 5.26 Å². The maximum Gasteiger partial charge on any atom is 0.101 e. The van der Waals surface area contributed by atoms with Crippen molar-refractivity contribution in [3.05, 3.63) is 236 Å². The predicted molar refractivity (Wildman–Crippen MR) is 311 cm³/mol. The monoisotopic (exact) mass is 962 g/mol. The van der Waals surface area contributed by atoms with Crippen LogP contribution in [0.25, 0.3) is 145 Å². The maximum absolute atomic E-state index is 12.4. The highest BCUT2D eigenvalue weighted by Gasteiger charge is 2.34. The van der Waals surface area contributed by atoms with Gasteiger partial charge in [-0.05, 0) is 71.8 Å². The number of rotatable bonds is 5. The number of hydrogen-bond donors (Lipinski definition) is 0. The molecule has 0 N–H and O–H groups in total. The van der Waals surface area contributed by atoms with E-state index in [1.165, 1.54) is 40.3 Å². The third-order valence-corrected chi connectivity index (χ3v) is 17.5. The highest BCUT2D eigenvalue weighted by molar-refractivity contribution is 7.26. The summed E-state index contributed by atoms with van der Waals surface area (Å²) in [6, 6.07) is 86.8. The molecule has 0 saturated heterocycles. The Kier molecular flexibility index (Phi) is 8.52. The molecule has 6 heteroatoms. The largest absolute Gasteiger partial charge is 0.306 e. The Morgan fingerprint density at radius 2 is 0.603 bits per heavy atom. The molecular formula is C67H38N4S2. The van der Waals surface area contributed by atoms with Gasteiger partial charge < -0.3 is 13.7 Å². The quantitative estimate of drug-likeness (QED) is 0.169. The molecule has 73 heavy (non-hydrogen) atoms. The fourth-order valence-electron chi connectivity index (χ4n) is 12.3. The molecule has 0 fully saturated rings. The molecule has 5 aromatic heterocycles. The second-order valence-corrected chi connectivity index (χ2v) is 21.2. The molecule has 0 aliphatic heterocycles. The molecule has 5 heterocycles. The van der Waals surface area contributed by atoms with Gasteiger partial charge in [-0.2, -0.15) is 5.26 Å². The molecular weight excluding hydrogens is 925 g/mol. The fraction of sp³-hybridized carbons (Fsp3) is 0. The van der Waals surface area contributed by atoms with E-state index in [2.05, 4.69) is 250 Å². The summed E-state index contributed by atoms with van der Waals surface area (Å²) >= 11 is 3.67. The SMILES string of the molecule is N#Cc1c(-c2ccccc2)c(-n2c3ccccc3c3cc4c(cc32)sc2ccccc24)c(-n2c3ccccc3c3ccccc32)c(-n2c3ccccc3c3cc4c(cc32)sc2ccccc24)c1-c1ccccc1. The number of benzene rings is 11. The Morgan fingerprint density at radius 3 is 1.00 bits per heavy atom. The Hall–Kier alpha value is -9.25. The average molecular weight is 963 g/mol. The molecule has 16 aromatic rings. The smallest absolute Gasteiger partial charge is 0.101 e. The zero-order valence-corrected chi connectivity index (χ0v) is 40.7. The lowest BCUT2D eigenvalue weighted by molar-refractivity contribution is 1.05. The first-order chi connectivity index (χ1) is 36.2. The van der Waals surface area contributed by atoms with Gasteiger partial charge in [0.25, 0.3) is 0 Å². The Labute approximate surface area is 426 Å². The van der Waals surface area contributed by atoms with Crippen LogP contribution in [0.3, 0.4) is 0 Å². The number of aromatic nitrogens is 3. The number of para-hydroxylation sites is 4. The molecule has 0 amide bonds. The topological polar surface area (TPSA) is 38.6 Å². The van der Waals surface area contributed by atoms with Crippen molar-refractivity contribution in [2.45, 2.75) is 0 Å². The summed E-state index contributed by atoms with van der Waals surface area (Å²) in [6.45, 7) is 0. The van der Waals surface area contributed by atoms with Crippen LogP contribution in [0, 0.1) is 11.3 Å². The van der Waals surface area contributed by atoms with Crippen LogP contribution >= 0.6 is 22.7 Å². The molecule has 338 valence electrons. The van der Waals surface area contributed by atoms with Crippen molar-refractivity contribution in [2.75, 3.05) is 0 Å². The van der Waals surface area contributed by atoms with Crippen molar-refractivity contribution in [1.82, 2.24) is 13.7 Å². The third-order valence-electron chi connectivity index (χ3n) is 15.3. The molecule has 0 radical (unpaired) electrons. The molecule has 11 aromatic carbocycles. The minimum absolute atomic E-state index is 0.606. The highest BCUT2D eigenvalue weighted by Crippen LogP contribution is 2.53. The van der Waals surface area contributed by atoms with Gasteiger partial charge in [0.05, 0.1) is 55.7 Å². The van der Waals surface area contributed by atoms with Gasteiger partial charge in [-0.15, -0.1) is 22.7 Å². The van der Waals surface area contributed by atoms with Crippen LogP contribution in [0.2, 0.25) is 0 Å². The van der Waals surface area contributed by atoms with Gasteiger partial charge in [0.15, 0.2) is 0 Å². The second kappa shape index (κ2) is 15.4. The fourth-order valence-corrected chi connectivity index (χ4v) is 14.5. The van der Waals surface area contributed by atoms with E-state index < -0.39 is 0 Å². The predicted octanol–water partition coefficient (Wildman–Crippen LogP) is 18.9. The number of fused-ring (bicyclic) bond motifs is 15. The molecule has 0 bridgehead atoms. The molecule has 4 nitrogen and oxygen atoms in total. The van der Waals surface area contributed by atoms with Crippen LogP contribution in [-0.2, 0) is 0 Å². The minimum atomic E-state index is 0.606. The van der Waals surface area contributed by atoms with Gasteiger partial charge in [0, 0.05) is 83.8 Å². The van der Waals surface area contributed by atoms with Crippen LogP contribution < -0.4 is 0 Å². The number of nitrogens with zero attached hydrogens (tertiary/aromatic N) is 4. The van der Waals surface area contributed by atoms with E-state index in [0.29, 0.717) is 5.56 Å². The molecule has 0 saturated carbocycles. The highest BCUT2D eigenvalue weighted by atomic mass is 32.1. The first-order valence-electron chi connectivity index (χ1n) is 24.6. The summed E-state index contributed by atoms with van der Waals surface area (Å²) in [5, 5.41) is 24.3. The standard InChI is InChI=1S/C67H38N4S2/c68-39-52-63(40-19-3-1-4-20-40)65(70-55-31-15-9-25-44(55)48-35-50-46-27-11-17-33-59(46)72-61(50)37-57(48)70)67(69-53-29-13-7-23-42(53)43-24-8-14-30-54(43)69)66(64(52)41-21-5-2-6-22-41)71-56-32-16-10-26-45(56)49-36-51-47-28-12-18-34-60(47)73-62(51)38-58(49)71/h1-38H. The van der Waals surface area contributed by atoms with Crippen molar-refractivity contribution < 1.29 is 0 Å². The average Bonchev–Trinajstić information content (AvgIpc) is 4.25. The molecule has 0 aliphatic carbocycles. The van der Waals surface area contributed by atoms with Crippen LogP contribution in [0.5, 0.6) is 0 Å². The Balaban J connectivity index is 1.23.